The van der Waals surface area contributed by atoms with E-state index in [0.717, 1.165) is 24.0 Å². The van der Waals surface area contributed by atoms with Crippen LogP contribution in [0.2, 0.25) is 0 Å². The number of likely N-dealkylation sites (tertiary alicyclic amines) is 1. The predicted octanol–water partition coefficient (Wildman–Crippen LogP) is 6.50. The normalized spacial score (nSPS) is 27.0. The summed E-state index contributed by atoms with van der Waals surface area (Å²) < 4.78 is -0.828. The van der Waals surface area contributed by atoms with Crippen LogP contribution in [0.1, 0.15) is 71.6 Å². The van der Waals surface area contributed by atoms with Crippen molar-refractivity contribution in [1.82, 2.24) is 14.7 Å². The standard InChI is InChI=1S/C40H53N3O4S/c1-9-21-41(24-28-17-13-11-14-18-28)35(45)32-31-23-27(3)40(48-31)33(32)36(46)43(30(25-44)29-19-15-12-16-20-29)34(40)37(47)42(22-10-2)39(7,8)26-38(4,5)6/h9-20,27,30-34,44H,1-2,21-26H2,3-8H3/t27?,30-,31-,32+,33+,34?,40?/m1/s1. The second kappa shape index (κ2) is 13.9. The Hall–Kier alpha value is -3.36. The highest BCUT2D eigenvalue weighted by atomic mass is 32.2. The largest absolute Gasteiger partial charge is 0.394 e. The summed E-state index contributed by atoms with van der Waals surface area (Å²) in [6.07, 6.45) is 4.96. The van der Waals surface area contributed by atoms with Crippen molar-refractivity contribution in [2.45, 2.75) is 88.5 Å². The van der Waals surface area contributed by atoms with Crippen LogP contribution in [0, 0.1) is 23.2 Å². The highest BCUT2D eigenvalue weighted by Crippen LogP contribution is 2.69. The summed E-state index contributed by atoms with van der Waals surface area (Å²) in [6, 6.07) is 17.7. The Morgan fingerprint density at radius 3 is 2.17 bits per heavy atom. The van der Waals surface area contributed by atoms with Crippen LogP contribution in [-0.4, -0.2) is 78.8 Å². The fraction of sp³-hybridized carbons (Fsp3) is 0.525. The summed E-state index contributed by atoms with van der Waals surface area (Å²) in [4.78, 5) is 50.6. The topological polar surface area (TPSA) is 81.2 Å². The average Bonchev–Trinajstić information content (AvgIpc) is 3.63. The number of carbonyl (C=O) groups excluding carboxylic acids is 3. The van der Waals surface area contributed by atoms with Crippen LogP contribution in [0.5, 0.6) is 0 Å². The van der Waals surface area contributed by atoms with Gasteiger partial charge in [0.1, 0.15) is 6.04 Å². The third-order valence-electron chi connectivity index (χ3n) is 10.5. The number of nitrogens with zero attached hydrogens (tertiary/aromatic N) is 3. The van der Waals surface area contributed by atoms with Gasteiger partial charge >= 0.3 is 0 Å². The lowest BCUT2D eigenvalue weighted by atomic mass is 9.65. The molecule has 0 saturated carbocycles. The molecule has 2 aromatic rings. The first kappa shape index (κ1) is 35.9. The molecule has 7 atom stereocenters. The van der Waals surface area contributed by atoms with Crippen LogP contribution in [0.4, 0.5) is 0 Å². The maximum absolute atomic E-state index is 15.4. The first-order valence-electron chi connectivity index (χ1n) is 17.2. The lowest BCUT2D eigenvalue weighted by Gasteiger charge is -2.47. The van der Waals surface area contributed by atoms with Crippen LogP contribution in [-0.2, 0) is 20.9 Å². The van der Waals surface area contributed by atoms with Gasteiger partial charge in [-0.15, -0.1) is 24.9 Å². The zero-order chi connectivity index (χ0) is 35.0. The summed E-state index contributed by atoms with van der Waals surface area (Å²) in [7, 11) is 0. The van der Waals surface area contributed by atoms with Crippen molar-refractivity contribution in [2.75, 3.05) is 19.7 Å². The van der Waals surface area contributed by atoms with Gasteiger partial charge in [0.25, 0.3) is 0 Å². The maximum atomic E-state index is 15.4. The molecular formula is C40H53N3O4S. The van der Waals surface area contributed by atoms with Gasteiger partial charge in [0.05, 0.1) is 29.2 Å². The number of thioether (sulfide) groups is 1. The van der Waals surface area contributed by atoms with Gasteiger partial charge in [-0.05, 0) is 49.1 Å². The van der Waals surface area contributed by atoms with E-state index in [1.807, 2.05) is 65.6 Å². The molecule has 3 aliphatic heterocycles. The molecule has 3 heterocycles. The van der Waals surface area contributed by atoms with E-state index in [1.54, 1.807) is 33.7 Å². The van der Waals surface area contributed by atoms with Crippen molar-refractivity contribution >= 4 is 29.5 Å². The van der Waals surface area contributed by atoms with Gasteiger partial charge in [-0.25, -0.2) is 0 Å². The van der Waals surface area contributed by atoms with Crippen LogP contribution in [0.3, 0.4) is 0 Å². The van der Waals surface area contributed by atoms with Gasteiger partial charge in [0.2, 0.25) is 17.7 Å². The molecule has 1 spiro atoms. The van der Waals surface area contributed by atoms with E-state index in [1.165, 1.54) is 0 Å². The fourth-order valence-electron chi connectivity index (χ4n) is 9.09. The first-order valence-corrected chi connectivity index (χ1v) is 18.1. The molecule has 3 unspecified atom stereocenters. The van der Waals surface area contributed by atoms with E-state index >= 15 is 9.59 Å². The Balaban J connectivity index is 1.64. The van der Waals surface area contributed by atoms with Crippen molar-refractivity contribution in [1.29, 1.82) is 0 Å². The fourth-order valence-corrected chi connectivity index (χ4v) is 11.5. The Kier molecular flexibility index (Phi) is 10.4. The minimum absolute atomic E-state index is 0.00199. The molecule has 7 nitrogen and oxygen atoms in total. The van der Waals surface area contributed by atoms with E-state index in [-0.39, 0.29) is 40.9 Å². The number of amides is 3. The minimum Gasteiger partial charge on any atom is -0.394 e. The molecule has 0 radical (unpaired) electrons. The SMILES string of the molecule is C=CCN(Cc1ccccc1)C(=O)[C@@H]1[C@H]2C(=O)N([C@H](CO)c3ccccc3)C(C(=O)N(CC=C)C(C)(C)CC(C)(C)C)C23S[C@@H]1CC3C. The number of carbonyl (C=O) groups is 3. The lowest BCUT2D eigenvalue weighted by Crippen LogP contribution is -2.62. The summed E-state index contributed by atoms with van der Waals surface area (Å²) in [6.45, 7) is 21.5. The number of hydrogen-bond acceptors (Lipinski definition) is 5. The van der Waals surface area contributed by atoms with E-state index in [9.17, 15) is 9.90 Å². The molecule has 2 aromatic carbocycles. The van der Waals surface area contributed by atoms with E-state index < -0.39 is 34.2 Å². The number of aliphatic hydroxyl groups is 1. The third kappa shape index (κ3) is 6.38. The van der Waals surface area contributed by atoms with Gasteiger partial charge in [-0.3, -0.25) is 14.4 Å². The maximum Gasteiger partial charge on any atom is 0.247 e. The number of fused-ring (bicyclic) bond motifs is 1. The monoisotopic (exact) mass is 671 g/mol. The molecule has 3 fully saturated rings. The number of hydrogen-bond donors (Lipinski definition) is 1. The summed E-state index contributed by atoms with van der Waals surface area (Å²) in [5.41, 5.74) is 1.15. The molecule has 0 aromatic heterocycles. The average molecular weight is 672 g/mol. The molecule has 5 rings (SSSR count). The van der Waals surface area contributed by atoms with Crippen LogP contribution in [0.15, 0.2) is 86.0 Å². The molecule has 3 saturated heterocycles. The van der Waals surface area contributed by atoms with Crippen molar-refractivity contribution in [3.63, 3.8) is 0 Å². The molecule has 0 aliphatic carbocycles. The second-order valence-corrected chi connectivity index (χ2v) is 17.2. The van der Waals surface area contributed by atoms with Crippen LogP contribution < -0.4 is 0 Å². The highest BCUT2D eigenvalue weighted by Gasteiger charge is 2.77. The van der Waals surface area contributed by atoms with Crippen LogP contribution >= 0.6 is 11.8 Å². The van der Waals surface area contributed by atoms with Gasteiger partial charge in [-0.1, -0.05) is 101 Å². The molecule has 3 amide bonds. The van der Waals surface area contributed by atoms with Crippen molar-refractivity contribution in [3.8, 4) is 0 Å². The van der Waals surface area contributed by atoms with Gasteiger partial charge in [0.15, 0.2) is 0 Å². The van der Waals surface area contributed by atoms with Gasteiger partial charge in [-0.2, -0.15) is 0 Å². The zero-order valence-corrected chi connectivity index (χ0v) is 30.3. The number of rotatable bonds is 13. The molecule has 1 N–H and O–H groups in total. The highest BCUT2D eigenvalue weighted by molar-refractivity contribution is 8.02. The third-order valence-corrected chi connectivity index (χ3v) is 12.6. The van der Waals surface area contributed by atoms with E-state index in [0.29, 0.717) is 19.6 Å². The van der Waals surface area contributed by atoms with E-state index in [4.69, 9.17) is 0 Å². The number of aliphatic hydroxyl groups excluding tert-OH is 1. The van der Waals surface area contributed by atoms with Gasteiger partial charge < -0.3 is 19.8 Å². The molecule has 48 heavy (non-hydrogen) atoms. The van der Waals surface area contributed by atoms with Crippen molar-refractivity contribution < 1.29 is 19.5 Å². The predicted molar refractivity (Wildman–Crippen MR) is 194 cm³/mol. The van der Waals surface area contributed by atoms with E-state index in [2.05, 4.69) is 54.7 Å². The Morgan fingerprint density at radius 2 is 1.60 bits per heavy atom. The Labute approximate surface area is 291 Å². The Morgan fingerprint density at radius 1 is 1.00 bits per heavy atom. The van der Waals surface area contributed by atoms with Crippen molar-refractivity contribution in [2.24, 2.45) is 23.2 Å². The zero-order valence-electron chi connectivity index (χ0n) is 29.5. The van der Waals surface area contributed by atoms with Crippen molar-refractivity contribution in [3.05, 3.63) is 97.1 Å². The molecule has 258 valence electrons. The van der Waals surface area contributed by atoms with Gasteiger partial charge in [0, 0.05) is 30.4 Å². The molecule has 3 aliphatic rings. The first-order chi connectivity index (χ1) is 22.7. The quantitative estimate of drug-likeness (QED) is 0.246. The number of benzene rings is 2. The van der Waals surface area contributed by atoms with Crippen LogP contribution in [0.25, 0.3) is 0 Å². The summed E-state index contributed by atoms with van der Waals surface area (Å²) >= 11 is 1.67. The Bertz CT molecular complexity index is 1510. The minimum atomic E-state index is -0.865. The smallest absolute Gasteiger partial charge is 0.247 e. The summed E-state index contributed by atoms with van der Waals surface area (Å²) in [5, 5.41) is 10.9. The molecular weight excluding hydrogens is 619 g/mol. The molecule has 2 bridgehead atoms. The summed E-state index contributed by atoms with van der Waals surface area (Å²) in [5.74, 6) is -1.73. The lowest BCUT2D eigenvalue weighted by molar-refractivity contribution is -0.150. The molecule has 8 heteroatoms. The second-order valence-electron chi connectivity index (χ2n) is 15.7.